The third-order valence-corrected chi connectivity index (χ3v) is 6.81. The number of ketones is 1. The molecule has 0 saturated carbocycles. The summed E-state index contributed by atoms with van der Waals surface area (Å²) in [6.07, 6.45) is 0. The minimum atomic E-state index is -0.861. The van der Waals surface area contributed by atoms with Crippen LogP contribution in [0.4, 0.5) is 10.1 Å². The summed E-state index contributed by atoms with van der Waals surface area (Å²) in [6, 6.07) is 26.2. The summed E-state index contributed by atoms with van der Waals surface area (Å²) in [7, 11) is 0. The van der Waals surface area contributed by atoms with Crippen molar-refractivity contribution in [3.8, 4) is 5.75 Å². The van der Waals surface area contributed by atoms with Gasteiger partial charge in [-0.2, -0.15) is 0 Å². The zero-order chi connectivity index (χ0) is 27.1. The van der Waals surface area contributed by atoms with Crippen LogP contribution in [0.3, 0.4) is 0 Å². The number of ether oxygens (including phenoxy) is 1. The fraction of sp³-hybridized carbons (Fsp3) is 0.0938. The molecule has 1 amide bonds. The molecule has 0 radical (unpaired) electrons. The van der Waals surface area contributed by atoms with E-state index >= 15 is 0 Å². The quantitative estimate of drug-likeness (QED) is 0.241. The second-order valence-electron chi connectivity index (χ2n) is 9.34. The molecule has 0 saturated heterocycles. The molecular weight excluding hydrogens is 497 g/mol. The molecule has 1 aromatic heterocycles. The lowest BCUT2D eigenvalue weighted by atomic mass is 9.98. The van der Waals surface area contributed by atoms with Crippen LogP contribution >= 0.6 is 0 Å². The van der Waals surface area contributed by atoms with Crippen molar-refractivity contribution in [3.05, 3.63) is 141 Å². The monoisotopic (exact) mass is 519 g/mol. The third kappa shape index (κ3) is 4.38. The summed E-state index contributed by atoms with van der Waals surface area (Å²) in [5.41, 5.74) is 2.34. The minimum absolute atomic E-state index is 0.0526. The average molecular weight is 520 g/mol. The van der Waals surface area contributed by atoms with Gasteiger partial charge in [0.25, 0.3) is 5.91 Å². The Kier molecular flexibility index (Phi) is 6.04. The van der Waals surface area contributed by atoms with Crippen LogP contribution in [0, 0.1) is 5.82 Å². The van der Waals surface area contributed by atoms with E-state index in [0.717, 1.165) is 11.6 Å². The number of rotatable bonds is 6. The molecule has 6 rings (SSSR count). The van der Waals surface area contributed by atoms with Gasteiger partial charge in [-0.05, 0) is 72.6 Å². The molecule has 1 unspecified atom stereocenters. The highest BCUT2D eigenvalue weighted by Gasteiger charge is 2.43. The van der Waals surface area contributed by atoms with Gasteiger partial charge in [0, 0.05) is 11.3 Å². The van der Waals surface area contributed by atoms with Crippen LogP contribution in [0.2, 0.25) is 0 Å². The second kappa shape index (κ2) is 9.68. The standard InChI is InChI=1S/C32H22FNO5/c1-19(35)21-10-13-24(14-11-21)34-29(22-8-5-9-25(16-22)38-18-20-6-3-2-4-7-20)28-30(36)26-17-23(33)12-15-27(26)39-31(28)32(34)37/h2-17,29H,18H2,1H3. The Hall–Kier alpha value is -5.04. The molecule has 2 heterocycles. The molecule has 5 aromatic rings. The van der Waals surface area contributed by atoms with Crippen LogP contribution < -0.4 is 15.1 Å². The summed E-state index contributed by atoms with van der Waals surface area (Å²) in [6.45, 7) is 1.80. The molecule has 0 N–H and O–H groups in total. The molecule has 1 aliphatic heterocycles. The van der Waals surface area contributed by atoms with E-state index in [0.29, 0.717) is 29.2 Å². The van der Waals surface area contributed by atoms with E-state index in [4.69, 9.17) is 9.15 Å². The van der Waals surface area contributed by atoms with E-state index in [1.54, 1.807) is 48.5 Å². The third-order valence-electron chi connectivity index (χ3n) is 6.81. The molecule has 0 aliphatic carbocycles. The van der Waals surface area contributed by atoms with Gasteiger partial charge in [-0.25, -0.2) is 4.39 Å². The van der Waals surface area contributed by atoms with Gasteiger partial charge in [-0.3, -0.25) is 19.3 Å². The minimum Gasteiger partial charge on any atom is -0.489 e. The van der Waals surface area contributed by atoms with E-state index in [-0.39, 0.29) is 28.1 Å². The number of carbonyl (C=O) groups is 2. The molecule has 1 aliphatic rings. The van der Waals surface area contributed by atoms with Crippen molar-refractivity contribution in [2.75, 3.05) is 4.90 Å². The number of Topliss-reactive ketones (excluding diaryl/α,β-unsaturated/α-hetero) is 1. The number of benzene rings is 4. The van der Waals surface area contributed by atoms with Crippen LogP contribution in [0.25, 0.3) is 11.0 Å². The Bertz CT molecular complexity index is 1790. The smallest absolute Gasteiger partial charge is 0.295 e. The molecule has 0 fully saturated rings. The first-order valence-corrected chi connectivity index (χ1v) is 12.4. The lowest BCUT2D eigenvalue weighted by Gasteiger charge is -2.25. The van der Waals surface area contributed by atoms with Crippen LogP contribution in [0.1, 0.15) is 50.6 Å². The van der Waals surface area contributed by atoms with Crippen molar-refractivity contribution in [3.63, 3.8) is 0 Å². The lowest BCUT2D eigenvalue weighted by Crippen LogP contribution is -2.29. The highest BCUT2D eigenvalue weighted by molar-refractivity contribution is 6.11. The summed E-state index contributed by atoms with van der Waals surface area (Å²) in [5, 5.41) is 0.0526. The SMILES string of the molecule is CC(=O)c1ccc(N2C(=O)c3oc4ccc(F)cc4c(=O)c3C2c2cccc(OCc3ccccc3)c2)cc1. The van der Waals surface area contributed by atoms with Gasteiger partial charge in [0.15, 0.2) is 11.2 Å². The van der Waals surface area contributed by atoms with E-state index < -0.39 is 23.2 Å². The number of halogens is 1. The molecule has 192 valence electrons. The first-order valence-electron chi connectivity index (χ1n) is 12.4. The number of amides is 1. The Morgan fingerprint density at radius 1 is 0.923 bits per heavy atom. The first-order chi connectivity index (χ1) is 18.9. The van der Waals surface area contributed by atoms with Crippen LogP contribution in [0.15, 0.2) is 106 Å². The van der Waals surface area contributed by atoms with Gasteiger partial charge >= 0.3 is 0 Å². The Morgan fingerprint density at radius 3 is 2.44 bits per heavy atom. The zero-order valence-corrected chi connectivity index (χ0v) is 20.9. The topological polar surface area (TPSA) is 76.8 Å². The number of anilines is 1. The second-order valence-corrected chi connectivity index (χ2v) is 9.34. The van der Waals surface area contributed by atoms with Gasteiger partial charge in [-0.15, -0.1) is 0 Å². The van der Waals surface area contributed by atoms with Crippen LogP contribution in [-0.2, 0) is 6.61 Å². The molecule has 7 heteroatoms. The summed E-state index contributed by atoms with van der Waals surface area (Å²) >= 11 is 0. The summed E-state index contributed by atoms with van der Waals surface area (Å²) in [4.78, 5) is 40.8. The first kappa shape index (κ1) is 24.3. The normalized spacial score (nSPS) is 14.5. The van der Waals surface area contributed by atoms with Gasteiger partial charge in [0.05, 0.1) is 17.0 Å². The fourth-order valence-corrected chi connectivity index (χ4v) is 4.90. The van der Waals surface area contributed by atoms with Crippen LogP contribution in [0.5, 0.6) is 5.75 Å². The van der Waals surface area contributed by atoms with Gasteiger partial charge in [-0.1, -0.05) is 42.5 Å². The lowest BCUT2D eigenvalue weighted by molar-refractivity contribution is 0.0970. The van der Waals surface area contributed by atoms with E-state index in [1.807, 2.05) is 30.3 Å². The van der Waals surface area contributed by atoms with Crippen LogP contribution in [-0.4, -0.2) is 11.7 Å². The van der Waals surface area contributed by atoms with Gasteiger partial charge in [0.1, 0.15) is 23.8 Å². The van der Waals surface area contributed by atoms with Gasteiger partial charge < -0.3 is 9.15 Å². The van der Waals surface area contributed by atoms with Crippen molar-refractivity contribution in [2.45, 2.75) is 19.6 Å². The predicted octanol–water partition coefficient (Wildman–Crippen LogP) is 6.46. The van der Waals surface area contributed by atoms with Crippen molar-refractivity contribution in [1.29, 1.82) is 0 Å². The maximum absolute atomic E-state index is 14.1. The Morgan fingerprint density at radius 2 is 1.69 bits per heavy atom. The number of hydrogen-bond donors (Lipinski definition) is 0. The highest BCUT2D eigenvalue weighted by Crippen LogP contribution is 2.42. The molecule has 4 aromatic carbocycles. The predicted molar refractivity (Wildman–Crippen MR) is 145 cm³/mol. The van der Waals surface area contributed by atoms with E-state index in [2.05, 4.69) is 0 Å². The highest BCUT2D eigenvalue weighted by atomic mass is 19.1. The molecule has 6 nitrogen and oxygen atoms in total. The average Bonchev–Trinajstić information content (AvgIpc) is 3.25. The molecule has 0 bridgehead atoms. The van der Waals surface area contributed by atoms with Crippen molar-refractivity contribution in [2.24, 2.45) is 0 Å². The number of hydrogen-bond acceptors (Lipinski definition) is 5. The van der Waals surface area contributed by atoms with E-state index in [9.17, 15) is 18.8 Å². The molecular formula is C32H22FNO5. The molecule has 1 atom stereocenters. The number of fused-ring (bicyclic) bond motifs is 2. The zero-order valence-electron chi connectivity index (χ0n) is 20.9. The van der Waals surface area contributed by atoms with Crippen molar-refractivity contribution in [1.82, 2.24) is 0 Å². The maximum Gasteiger partial charge on any atom is 0.295 e. The Balaban J connectivity index is 1.49. The number of nitrogens with zero attached hydrogens (tertiary/aromatic N) is 1. The van der Waals surface area contributed by atoms with Crippen molar-refractivity contribution < 1.29 is 23.1 Å². The number of carbonyl (C=O) groups excluding carboxylic acids is 2. The maximum atomic E-state index is 14.1. The van der Waals surface area contributed by atoms with Gasteiger partial charge in [0.2, 0.25) is 5.76 Å². The summed E-state index contributed by atoms with van der Waals surface area (Å²) in [5.74, 6) is -0.744. The largest absolute Gasteiger partial charge is 0.489 e. The Labute approximate surface area is 222 Å². The fourth-order valence-electron chi connectivity index (χ4n) is 4.90. The molecule has 0 spiro atoms. The van der Waals surface area contributed by atoms with Crippen molar-refractivity contribution >= 4 is 28.3 Å². The molecule has 39 heavy (non-hydrogen) atoms. The summed E-state index contributed by atoms with van der Waals surface area (Å²) < 4.78 is 26.0. The van der Waals surface area contributed by atoms with E-state index in [1.165, 1.54) is 24.0 Å².